The monoisotopic (exact) mass is 468 g/mol. The Hall–Kier alpha value is -3.26. The fraction of sp³-hybridized carbons (Fsp3) is 0.462. The molecule has 0 spiro atoms. The lowest BCUT2D eigenvalue weighted by molar-refractivity contribution is -0.132. The lowest BCUT2D eigenvalue weighted by Gasteiger charge is -2.25. The van der Waals surface area contributed by atoms with E-state index in [2.05, 4.69) is 0 Å². The molecule has 2 aliphatic rings. The van der Waals surface area contributed by atoms with Gasteiger partial charge in [-0.3, -0.25) is 9.59 Å². The van der Waals surface area contributed by atoms with Crippen LogP contribution >= 0.6 is 0 Å². The maximum Gasteiger partial charge on any atom is 0.254 e. The van der Waals surface area contributed by atoms with E-state index in [0.29, 0.717) is 55.0 Å². The Balaban J connectivity index is 1.57. The van der Waals surface area contributed by atoms with E-state index in [-0.39, 0.29) is 24.5 Å². The molecule has 1 aliphatic heterocycles. The van der Waals surface area contributed by atoms with Gasteiger partial charge < -0.3 is 28.7 Å². The number of methoxy groups -OCH3 is 3. The summed E-state index contributed by atoms with van der Waals surface area (Å²) in [5.41, 5.74) is 1.40. The Morgan fingerprint density at radius 2 is 1.65 bits per heavy atom. The Bertz CT molecular complexity index is 983. The van der Waals surface area contributed by atoms with Crippen molar-refractivity contribution in [3.05, 3.63) is 53.6 Å². The molecule has 1 heterocycles. The molecule has 2 aromatic rings. The maximum atomic E-state index is 13.5. The van der Waals surface area contributed by atoms with Crippen LogP contribution in [0.1, 0.15) is 28.8 Å². The molecular weight excluding hydrogens is 436 g/mol. The van der Waals surface area contributed by atoms with Crippen LogP contribution in [-0.4, -0.2) is 75.3 Å². The Kier molecular flexibility index (Phi) is 7.57. The van der Waals surface area contributed by atoms with Gasteiger partial charge in [0.05, 0.1) is 27.4 Å². The molecule has 1 saturated heterocycles. The minimum Gasteiger partial charge on any atom is -0.493 e. The maximum absolute atomic E-state index is 13.5. The predicted molar refractivity (Wildman–Crippen MR) is 126 cm³/mol. The first kappa shape index (κ1) is 23.9. The van der Waals surface area contributed by atoms with Crippen molar-refractivity contribution in [3.8, 4) is 17.2 Å². The van der Waals surface area contributed by atoms with Gasteiger partial charge in [-0.2, -0.15) is 0 Å². The molecule has 0 N–H and O–H groups in total. The molecule has 2 amide bonds. The second-order valence-corrected chi connectivity index (χ2v) is 8.76. The number of ether oxygens (including phenoxy) is 4. The second-order valence-electron chi connectivity index (χ2n) is 8.76. The fourth-order valence-electron chi connectivity index (χ4n) is 4.14. The molecule has 0 bridgehead atoms. The highest BCUT2D eigenvalue weighted by Crippen LogP contribution is 2.38. The van der Waals surface area contributed by atoms with Crippen molar-refractivity contribution in [2.24, 2.45) is 5.92 Å². The summed E-state index contributed by atoms with van der Waals surface area (Å²) in [5, 5.41) is 0. The Morgan fingerprint density at radius 3 is 2.24 bits per heavy atom. The number of benzene rings is 2. The molecule has 2 fully saturated rings. The average Bonchev–Trinajstić information content (AvgIpc) is 3.70. The summed E-state index contributed by atoms with van der Waals surface area (Å²) in [6, 6.07) is 13.1. The van der Waals surface area contributed by atoms with Crippen molar-refractivity contribution in [3.63, 3.8) is 0 Å². The summed E-state index contributed by atoms with van der Waals surface area (Å²) < 4.78 is 22.4. The van der Waals surface area contributed by atoms with Gasteiger partial charge in [0.25, 0.3) is 5.91 Å². The molecule has 2 aromatic carbocycles. The van der Waals surface area contributed by atoms with E-state index < -0.39 is 0 Å². The first-order valence-corrected chi connectivity index (χ1v) is 11.5. The van der Waals surface area contributed by atoms with Gasteiger partial charge in [-0.05, 0) is 36.5 Å². The zero-order valence-electron chi connectivity index (χ0n) is 20.0. The number of nitrogens with zero attached hydrogens (tertiary/aromatic N) is 2. The van der Waals surface area contributed by atoms with Crippen LogP contribution in [0, 0.1) is 5.92 Å². The van der Waals surface area contributed by atoms with Crippen LogP contribution in [0.2, 0.25) is 0 Å². The molecule has 0 aromatic heterocycles. The summed E-state index contributed by atoms with van der Waals surface area (Å²) in [4.78, 5) is 30.1. The van der Waals surface area contributed by atoms with E-state index in [4.69, 9.17) is 18.9 Å². The minimum absolute atomic E-state index is 0.0222. The molecule has 1 unspecified atom stereocenters. The molecule has 8 nitrogen and oxygen atoms in total. The molecule has 1 aliphatic carbocycles. The van der Waals surface area contributed by atoms with E-state index in [1.165, 1.54) is 34.2 Å². The van der Waals surface area contributed by atoms with Crippen LogP contribution < -0.4 is 14.2 Å². The third-order valence-corrected chi connectivity index (χ3v) is 6.21. The molecule has 8 heteroatoms. The number of amides is 2. The number of hydrogen-bond acceptors (Lipinski definition) is 6. The molecule has 1 atom stereocenters. The normalized spacial score (nSPS) is 18.4. The van der Waals surface area contributed by atoms with Crippen LogP contribution in [0.5, 0.6) is 17.2 Å². The highest BCUT2D eigenvalue weighted by Gasteiger charge is 2.33. The fourth-order valence-corrected chi connectivity index (χ4v) is 4.14. The molecule has 1 saturated carbocycles. The third kappa shape index (κ3) is 5.62. The van der Waals surface area contributed by atoms with Crippen molar-refractivity contribution in [2.75, 3.05) is 47.6 Å². The molecule has 0 radical (unpaired) electrons. The third-order valence-electron chi connectivity index (χ3n) is 6.21. The summed E-state index contributed by atoms with van der Waals surface area (Å²) in [6.45, 7) is 1.89. The average molecular weight is 469 g/mol. The summed E-state index contributed by atoms with van der Waals surface area (Å²) in [7, 11) is 4.52. The summed E-state index contributed by atoms with van der Waals surface area (Å²) in [5.74, 6) is 1.38. The van der Waals surface area contributed by atoms with Crippen LogP contribution in [0.25, 0.3) is 0 Å². The summed E-state index contributed by atoms with van der Waals surface area (Å²) in [6.07, 6.45) is 2.09. The Labute approximate surface area is 200 Å². The van der Waals surface area contributed by atoms with Gasteiger partial charge in [0.15, 0.2) is 11.5 Å². The zero-order chi connectivity index (χ0) is 24.1. The molecule has 34 heavy (non-hydrogen) atoms. The van der Waals surface area contributed by atoms with Gasteiger partial charge in [0.1, 0.15) is 6.54 Å². The van der Waals surface area contributed by atoms with Crippen LogP contribution in [0.15, 0.2) is 42.5 Å². The van der Waals surface area contributed by atoms with Crippen molar-refractivity contribution < 1.29 is 28.5 Å². The smallest absolute Gasteiger partial charge is 0.254 e. The second kappa shape index (κ2) is 10.8. The number of rotatable bonds is 9. The van der Waals surface area contributed by atoms with Gasteiger partial charge >= 0.3 is 0 Å². The molecular formula is C26H32N2O6. The van der Waals surface area contributed by atoms with Crippen molar-refractivity contribution in [1.29, 1.82) is 0 Å². The topological polar surface area (TPSA) is 77.5 Å². The number of carbonyl (C=O) groups is 2. The van der Waals surface area contributed by atoms with Crippen LogP contribution in [-0.2, 0) is 16.1 Å². The van der Waals surface area contributed by atoms with Gasteiger partial charge in [-0.15, -0.1) is 0 Å². The van der Waals surface area contributed by atoms with E-state index >= 15 is 0 Å². The first-order chi connectivity index (χ1) is 16.5. The van der Waals surface area contributed by atoms with Crippen LogP contribution in [0.4, 0.5) is 0 Å². The lowest BCUT2D eigenvalue weighted by Crippen LogP contribution is -2.39. The molecule has 4 rings (SSSR count). The highest BCUT2D eigenvalue weighted by molar-refractivity contribution is 5.98. The van der Waals surface area contributed by atoms with E-state index in [1.807, 2.05) is 30.3 Å². The zero-order valence-corrected chi connectivity index (χ0v) is 20.0. The van der Waals surface area contributed by atoms with Crippen molar-refractivity contribution >= 4 is 11.8 Å². The highest BCUT2D eigenvalue weighted by atomic mass is 16.5. The van der Waals surface area contributed by atoms with E-state index in [9.17, 15) is 9.59 Å². The quantitative estimate of drug-likeness (QED) is 0.563. The largest absolute Gasteiger partial charge is 0.493 e. The predicted octanol–water partition coefficient (Wildman–Crippen LogP) is 2.99. The minimum atomic E-state index is -0.283. The van der Waals surface area contributed by atoms with Gasteiger partial charge in [0.2, 0.25) is 11.7 Å². The van der Waals surface area contributed by atoms with E-state index in [0.717, 1.165) is 5.56 Å². The standard InChI is InChI=1S/C26H32N2O6/c1-31-22-11-20(12-23(32-2)25(22)33-3)26(30)28-15-21(34-17-19-9-10-19)14-27(24(29)16-28)13-18-7-5-4-6-8-18/h4-8,11-12,19,21H,9-10,13-17H2,1-3H3. The van der Waals surface area contributed by atoms with Crippen molar-refractivity contribution in [2.45, 2.75) is 25.5 Å². The Morgan fingerprint density at radius 1 is 0.971 bits per heavy atom. The number of hydrogen-bond donors (Lipinski definition) is 0. The molecule has 182 valence electrons. The van der Waals surface area contributed by atoms with Crippen molar-refractivity contribution in [1.82, 2.24) is 9.80 Å². The van der Waals surface area contributed by atoms with E-state index in [1.54, 1.807) is 21.9 Å². The lowest BCUT2D eigenvalue weighted by atomic mass is 10.1. The SMILES string of the molecule is COc1cc(C(=O)N2CC(=O)N(Cc3ccccc3)CC(OCC3CC3)C2)cc(OC)c1OC. The first-order valence-electron chi connectivity index (χ1n) is 11.5. The number of carbonyl (C=O) groups excluding carboxylic acids is 2. The van der Waals surface area contributed by atoms with Gasteiger partial charge in [0, 0.05) is 31.8 Å². The van der Waals surface area contributed by atoms with Crippen LogP contribution in [0.3, 0.4) is 0 Å². The van der Waals surface area contributed by atoms with Gasteiger partial charge in [-0.1, -0.05) is 30.3 Å². The summed E-state index contributed by atoms with van der Waals surface area (Å²) >= 11 is 0. The van der Waals surface area contributed by atoms with Gasteiger partial charge in [-0.25, -0.2) is 0 Å².